The van der Waals surface area contributed by atoms with Gasteiger partial charge >= 0.3 is 0 Å². The van der Waals surface area contributed by atoms with Crippen molar-refractivity contribution in [1.29, 1.82) is 0 Å². The molecular weight excluding hydrogens is 208 g/mol. The van der Waals surface area contributed by atoms with Crippen molar-refractivity contribution in [2.75, 3.05) is 6.54 Å². The van der Waals surface area contributed by atoms with Crippen LogP contribution in [0.4, 0.5) is 0 Å². The highest BCUT2D eigenvalue weighted by molar-refractivity contribution is 4.86. The maximum absolute atomic E-state index is 10.6. The molecule has 0 aliphatic heterocycles. The molecule has 4 atom stereocenters. The van der Waals surface area contributed by atoms with Crippen LogP contribution in [0.1, 0.15) is 27.2 Å². The number of nitro groups is 1. The van der Waals surface area contributed by atoms with E-state index in [4.69, 9.17) is 10.5 Å². The Balaban J connectivity index is 4.42. The molecule has 5 nitrogen and oxygen atoms in total. The predicted octanol–water partition coefficient (Wildman–Crippen LogP) is 1.60. The lowest BCUT2D eigenvalue weighted by Crippen LogP contribution is -2.37. The van der Waals surface area contributed by atoms with Crippen molar-refractivity contribution in [3.63, 3.8) is 0 Å². The molecule has 0 fully saturated rings. The number of ether oxygens (including phenoxy) is 1. The van der Waals surface area contributed by atoms with Crippen molar-refractivity contribution in [3.8, 4) is 0 Å². The van der Waals surface area contributed by atoms with Crippen molar-refractivity contribution in [1.82, 2.24) is 0 Å². The lowest BCUT2D eigenvalue weighted by atomic mass is 10.0. The van der Waals surface area contributed by atoms with Gasteiger partial charge in [0, 0.05) is 11.8 Å². The number of rotatable bonds is 8. The molecule has 0 bridgehead atoms. The lowest BCUT2D eigenvalue weighted by Gasteiger charge is -2.25. The van der Waals surface area contributed by atoms with Crippen molar-refractivity contribution < 1.29 is 9.66 Å². The minimum Gasteiger partial charge on any atom is -0.364 e. The zero-order chi connectivity index (χ0) is 12.7. The van der Waals surface area contributed by atoms with Crippen LogP contribution in [0.2, 0.25) is 0 Å². The van der Waals surface area contributed by atoms with Crippen LogP contribution in [0.3, 0.4) is 0 Å². The van der Waals surface area contributed by atoms with Crippen LogP contribution < -0.4 is 5.73 Å². The van der Waals surface area contributed by atoms with Crippen LogP contribution >= 0.6 is 0 Å². The van der Waals surface area contributed by atoms with Gasteiger partial charge in [-0.25, -0.2) is 0 Å². The molecule has 2 N–H and O–H groups in total. The highest BCUT2D eigenvalue weighted by Gasteiger charge is 2.28. The van der Waals surface area contributed by atoms with Gasteiger partial charge in [-0.2, -0.15) is 0 Å². The third kappa shape index (κ3) is 4.28. The summed E-state index contributed by atoms with van der Waals surface area (Å²) in [6.45, 7) is 9.52. The molecule has 5 heteroatoms. The smallest absolute Gasteiger partial charge is 0.239 e. The molecule has 0 spiro atoms. The molecule has 0 amide bonds. The fourth-order valence-electron chi connectivity index (χ4n) is 1.54. The summed E-state index contributed by atoms with van der Waals surface area (Å²) in [6, 6.07) is -0.782. The van der Waals surface area contributed by atoms with Gasteiger partial charge in [0.25, 0.3) is 0 Å². The third-order valence-electron chi connectivity index (χ3n) is 2.90. The van der Waals surface area contributed by atoms with Crippen LogP contribution in [0, 0.1) is 16.0 Å². The van der Waals surface area contributed by atoms with E-state index in [0.29, 0.717) is 6.54 Å². The molecular formula is C11H22N2O3. The summed E-state index contributed by atoms with van der Waals surface area (Å²) in [6.07, 6.45) is 1.72. The molecule has 4 unspecified atom stereocenters. The van der Waals surface area contributed by atoms with Crippen LogP contribution in [-0.4, -0.2) is 29.7 Å². The summed E-state index contributed by atoms with van der Waals surface area (Å²) >= 11 is 0. The largest absolute Gasteiger partial charge is 0.364 e. The summed E-state index contributed by atoms with van der Waals surface area (Å²) in [5.74, 6) is 0.224. The Kier molecular flexibility index (Phi) is 6.92. The van der Waals surface area contributed by atoms with Gasteiger partial charge in [-0.3, -0.25) is 10.1 Å². The topological polar surface area (TPSA) is 78.4 Å². The summed E-state index contributed by atoms with van der Waals surface area (Å²) in [7, 11) is 0. The summed E-state index contributed by atoms with van der Waals surface area (Å²) in [5, 5.41) is 10.6. The SMILES string of the molecule is C=CC(OC(C)C(CC)CN)C(C)[N+](=O)[O-]. The maximum atomic E-state index is 10.6. The summed E-state index contributed by atoms with van der Waals surface area (Å²) < 4.78 is 5.63. The average molecular weight is 230 g/mol. The van der Waals surface area contributed by atoms with E-state index in [1.54, 1.807) is 0 Å². The maximum Gasteiger partial charge on any atom is 0.239 e. The van der Waals surface area contributed by atoms with E-state index in [0.717, 1.165) is 6.42 Å². The first-order valence-electron chi connectivity index (χ1n) is 5.59. The summed E-state index contributed by atoms with van der Waals surface area (Å²) in [4.78, 5) is 10.3. The highest BCUT2D eigenvalue weighted by Crippen LogP contribution is 2.15. The molecule has 0 rings (SSSR count). The molecule has 0 aromatic carbocycles. The van der Waals surface area contributed by atoms with Crippen molar-refractivity contribution in [3.05, 3.63) is 22.8 Å². The molecule has 0 radical (unpaired) electrons. The van der Waals surface area contributed by atoms with E-state index < -0.39 is 12.1 Å². The monoisotopic (exact) mass is 230 g/mol. The average Bonchev–Trinajstić information content (AvgIpc) is 2.26. The zero-order valence-corrected chi connectivity index (χ0v) is 10.3. The van der Waals surface area contributed by atoms with Crippen molar-refractivity contribution in [2.45, 2.75) is 45.4 Å². The Bertz CT molecular complexity index is 229. The minimum absolute atomic E-state index is 0.0969. The Morgan fingerprint density at radius 3 is 2.44 bits per heavy atom. The Morgan fingerprint density at radius 2 is 2.12 bits per heavy atom. The molecule has 0 aliphatic carbocycles. The van der Waals surface area contributed by atoms with Crippen LogP contribution in [0.5, 0.6) is 0 Å². The van der Waals surface area contributed by atoms with E-state index in [9.17, 15) is 10.1 Å². The number of nitrogens with zero attached hydrogens (tertiary/aromatic N) is 1. The van der Waals surface area contributed by atoms with Crippen LogP contribution in [0.25, 0.3) is 0 Å². The van der Waals surface area contributed by atoms with Crippen molar-refractivity contribution >= 4 is 0 Å². The highest BCUT2D eigenvalue weighted by atomic mass is 16.6. The Labute approximate surface area is 96.8 Å². The summed E-state index contributed by atoms with van der Waals surface area (Å²) in [5.41, 5.74) is 5.60. The molecule has 0 saturated heterocycles. The third-order valence-corrected chi connectivity index (χ3v) is 2.90. The predicted molar refractivity (Wildman–Crippen MR) is 63.8 cm³/mol. The van der Waals surface area contributed by atoms with E-state index in [2.05, 4.69) is 6.58 Å². The Morgan fingerprint density at radius 1 is 1.56 bits per heavy atom. The van der Waals surface area contributed by atoms with Gasteiger partial charge in [-0.05, 0) is 25.8 Å². The molecule has 0 heterocycles. The standard InChI is InChI=1S/C11H22N2O3/c1-5-10(7-12)9(4)16-11(6-2)8(3)13(14)15/h6,8-11H,2,5,7,12H2,1,3-4H3. The molecule has 16 heavy (non-hydrogen) atoms. The number of hydrogen-bond acceptors (Lipinski definition) is 4. The van der Waals surface area contributed by atoms with Gasteiger partial charge in [0.1, 0.15) is 6.10 Å². The fraction of sp³-hybridized carbons (Fsp3) is 0.818. The van der Waals surface area contributed by atoms with Crippen LogP contribution in [-0.2, 0) is 4.74 Å². The number of hydrogen-bond donors (Lipinski definition) is 1. The second kappa shape index (κ2) is 7.35. The fourth-order valence-corrected chi connectivity index (χ4v) is 1.54. The second-order valence-electron chi connectivity index (χ2n) is 3.97. The second-order valence-corrected chi connectivity index (χ2v) is 3.97. The normalized spacial score (nSPS) is 18.5. The number of nitrogens with two attached hydrogens (primary N) is 1. The van der Waals surface area contributed by atoms with Gasteiger partial charge in [-0.1, -0.05) is 13.0 Å². The quantitative estimate of drug-likeness (QED) is 0.390. The first-order chi connectivity index (χ1) is 7.47. The van der Waals surface area contributed by atoms with E-state index in [-0.39, 0.29) is 16.9 Å². The van der Waals surface area contributed by atoms with Gasteiger partial charge in [0.05, 0.1) is 6.10 Å². The first kappa shape index (κ1) is 15.1. The molecule has 0 aliphatic rings. The van der Waals surface area contributed by atoms with E-state index >= 15 is 0 Å². The lowest BCUT2D eigenvalue weighted by molar-refractivity contribution is -0.529. The molecule has 0 saturated carbocycles. The molecule has 94 valence electrons. The van der Waals surface area contributed by atoms with Gasteiger partial charge < -0.3 is 10.5 Å². The Hall–Kier alpha value is -0.940. The van der Waals surface area contributed by atoms with Gasteiger partial charge in [0.15, 0.2) is 0 Å². The van der Waals surface area contributed by atoms with Crippen molar-refractivity contribution in [2.24, 2.45) is 11.7 Å². The van der Waals surface area contributed by atoms with Gasteiger partial charge in [-0.15, -0.1) is 6.58 Å². The first-order valence-corrected chi connectivity index (χ1v) is 5.59. The molecule has 0 aromatic heterocycles. The zero-order valence-electron chi connectivity index (χ0n) is 10.3. The van der Waals surface area contributed by atoms with Crippen LogP contribution in [0.15, 0.2) is 12.7 Å². The van der Waals surface area contributed by atoms with E-state index in [1.165, 1.54) is 13.0 Å². The molecule has 0 aromatic rings. The minimum atomic E-state index is -0.782. The van der Waals surface area contributed by atoms with E-state index in [1.807, 2.05) is 13.8 Å². The van der Waals surface area contributed by atoms with Gasteiger partial charge in [0.2, 0.25) is 6.04 Å².